The van der Waals surface area contributed by atoms with Gasteiger partial charge >= 0.3 is 0 Å². The molecule has 0 bridgehead atoms. The van der Waals surface area contributed by atoms with Gasteiger partial charge in [-0.1, -0.05) is 26.0 Å². The van der Waals surface area contributed by atoms with Crippen LogP contribution in [0.5, 0.6) is 5.75 Å². The highest BCUT2D eigenvalue weighted by Gasteiger charge is 2.48. The number of hydrogen-bond acceptors (Lipinski definition) is 11. The molecular formula is C22H34O11. The summed E-state index contributed by atoms with van der Waals surface area (Å²) in [6, 6.07) is 5.61. The van der Waals surface area contributed by atoms with Gasteiger partial charge in [-0.15, -0.1) is 0 Å². The molecule has 2 saturated heterocycles. The molecule has 11 nitrogen and oxygen atoms in total. The Hall–Kier alpha value is -1.38. The number of benzene rings is 1. The van der Waals surface area contributed by atoms with Crippen molar-refractivity contribution in [2.24, 2.45) is 0 Å². The molecule has 2 aliphatic heterocycles. The van der Waals surface area contributed by atoms with Gasteiger partial charge in [0, 0.05) is 0 Å². The Morgan fingerprint density at radius 1 is 0.818 bits per heavy atom. The summed E-state index contributed by atoms with van der Waals surface area (Å²) in [6.07, 6.45) is -14.6. The predicted molar refractivity (Wildman–Crippen MR) is 112 cm³/mol. The predicted octanol–water partition coefficient (Wildman–Crippen LogP) is -1.88. The molecule has 33 heavy (non-hydrogen) atoms. The van der Waals surface area contributed by atoms with E-state index in [2.05, 4.69) is 0 Å². The molecule has 10 atom stereocenters. The van der Waals surface area contributed by atoms with Crippen molar-refractivity contribution in [3.8, 4) is 5.75 Å². The first-order valence-corrected chi connectivity index (χ1v) is 10.9. The first-order valence-electron chi connectivity index (χ1n) is 10.9. The van der Waals surface area contributed by atoms with E-state index >= 15 is 0 Å². The molecule has 2 aliphatic rings. The number of ether oxygens (including phenoxy) is 4. The zero-order valence-electron chi connectivity index (χ0n) is 18.8. The topological polar surface area (TPSA) is 179 Å². The van der Waals surface area contributed by atoms with E-state index in [9.17, 15) is 35.7 Å². The van der Waals surface area contributed by atoms with Crippen LogP contribution in [0.25, 0.3) is 0 Å². The lowest BCUT2D eigenvalue weighted by molar-refractivity contribution is -0.323. The summed E-state index contributed by atoms with van der Waals surface area (Å²) in [7, 11) is 0. The van der Waals surface area contributed by atoms with Gasteiger partial charge in [0.05, 0.1) is 13.2 Å². The average Bonchev–Trinajstić information content (AvgIpc) is 2.78. The fraction of sp³-hybridized carbons (Fsp3) is 0.727. The Morgan fingerprint density at radius 2 is 1.39 bits per heavy atom. The molecule has 0 amide bonds. The minimum atomic E-state index is -1.63. The summed E-state index contributed by atoms with van der Waals surface area (Å²) in [4.78, 5) is 0. The third kappa shape index (κ3) is 5.65. The zero-order valence-corrected chi connectivity index (χ0v) is 18.8. The number of aryl methyl sites for hydroxylation is 1. The van der Waals surface area contributed by atoms with Crippen LogP contribution in [0.15, 0.2) is 18.2 Å². The van der Waals surface area contributed by atoms with Gasteiger partial charge < -0.3 is 54.7 Å². The standard InChI is InChI=1S/C22H34O11/c1-9(2)11-5-4-10(3)6-12(11)31-22-20(29)18(27)16(25)14(33-22)8-30-21-19(28)17(26)15(24)13(7-23)32-21/h4-6,9,13-29H,7-8H2,1-3H3/t13-,14-,15-,16-,17+,18+,19-,20-,21-,22-/m1/s1. The maximum Gasteiger partial charge on any atom is 0.229 e. The molecule has 0 aliphatic carbocycles. The molecule has 2 fully saturated rings. The highest BCUT2D eigenvalue weighted by atomic mass is 16.7. The summed E-state index contributed by atoms with van der Waals surface area (Å²) in [5.41, 5.74) is 1.79. The van der Waals surface area contributed by atoms with Gasteiger partial charge in [-0.05, 0) is 30.0 Å². The molecule has 0 radical (unpaired) electrons. The molecule has 3 rings (SSSR count). The van der Waals surface area contributed by atoms with Gasteiger partial charge in [-0.3, -0.25) is 0 Å². The molecule has 7 N–H and O–H groups in total. The average molecular weight is 475 g/mol. The SMILES string of the molecule is Cc1ccc(C(C)C)c(O[C@@H]2O[C@H](CO[C@@H]3O[C@H](CO)[C@@H](O)[C@H](O)[C@H]3O)[C@@H](O)[C@H](O)[C@H]2O)c1. The Kier molecular flexibility index (Phi) is 8.67. The maximum atomic E-state index is 10.4. The van der Waals surface area contributed by atoms with E-state index in [0.717, 1.165) is 11.1 Å². The highest BCUT2D eigenvalue weighted by Crippen LogP contribution is 2.32. The van der Waals surface area contributed by atoms with Crippen molar-refractivity contribution >= 4 is 0 Å². The van der Waals surface area contributed by atoms with Crippen LogP contribution in [0.2, 0.25) is 0 Å². The van der Waals surface area contributed by atoms with E-state index in [-0.39, 0.29) is 5.92 Å². The minimum Gasteiger partial charge on any atom is -0.462 e. The molecule has 0 unspecified atom stereocenters. The molecule has 1 aromatic carbocycles. The Morgan fingerprint density at radius 3 is 2.00 bits per heavy atom. The summed E-state index contributed by atoms with van der Waals surface area (Å²) in [5.74, 6) is 0.577. The lowest BCUT2D eigenvalue weighted by atomic mass is 9.98. The largest absolute Gasteiger partial charge is 0.462 e. The minimum absolute atomic E-state index is 0.113. The Labute approximate surface area is 191 Å². The fourth-order valence-corrected chi connectivity index (χ4v) is 3.89. The maximum absolute atomic E-state index is 10.4. The molecule has 0 spiro atoms. The zero-order chi connectivity index (χ0) is 24.4. The first-order chi connectivity index (χ1) is 15.5. The van der Waals surface area contributed by atoms with Crippen LogP contribution in [-0.2, 0) is 14.2 Å². The summed E-state index contributed by atoms with van der Waals surface area (Å²) in [5, 5.41) is 70.3. The van der Waals surface area contributed by atoms with Crippen LogP contribution >= 0.6 is 0 Å². The van der Waals surface area contributed by atoms with E-state index in [0.29, 0.717) is 5.75 Å². The van der Waals surface area contributed by atoms with Gasteiger partial charge in [0.1, 0.15) is 54.6 Å². The number of aliphatic hydroxyl groups excluding tert-OH is 7. The quantitative estimate of drug-likeness (QED) is 0.235. The van der Waals surface area contributed by atoms with Crippen molar-refractivity contribution < 1.29 is 54.7 Å². The third-order valence-electron chi connectivity index (χ3n) is 5.98. The van der Waals surface area contributed by atoms with Crippen LogP contribution in [0.1, 0.15) is 30.9 Å². The monoisotopic (exact) mass is 474 g/mol. The van der Waals surface area contributed by atoms with Crippen molar-refractivity contribution in [3.05, 3.63) is 29.3 Å². The molecule has 0 saturated carbocycles. The van der Waals surface area contributed by atoms with Crippen molar-refractivity contribution in [1.82, 2.24) is 0 Å². The third-order valence-corrected chi connectivity index (χ3v) is 5.98. The Bertz CT molecular complexity index is 773. The van der Waals surface area contributed by atoms with E-state index in [1.54, 1.807) is 6.07 Å². The molecule has 2 heterocycles. The van der Waals surface area contributed by atoms with Crippen molar-refractivity contribution in [2.45, 2.75) is 88.1 Å². The number of hydrogen-bond donors (Lipinski definition) is 7. The van der Waals surface area contributed by atoms with Crippen LogP contribution in [0, 0.1) is 6.92 Å². The highest BCUT2D eigenvalue weighted by molar-refractivity contribution is 5.39. The van der Waals surface area contributed by atoms with Gasteiger partial charge in [-0.25, -0.2) is 0 Å². The lowest BCUT2D eigenvalue weighted by Gasteiger charge is -2.42. The van der Waals surface area contributed by atoms with Crippen LogP contribution in [0.3, 0.4) is 0 Å². The van der Waals surface area contributed by atoms with Gasteiger partial charge in [0.15, 0.2) is 6.29 Å². The lowest BCUT2D eigenvalue weighted by Crippen LogP contribution is -2.62. The van der Waals surface area contributed by atoms with Gasteiger partial charge in [0.2, 0.25) is 6.29 Å². The van der Waals surface area contributed by atoms with Gasteiger partial charge in [-0.2, -0.15) is 0 Å². The van der Waals surface area contributed by atoms with Crippen LogP contribution in [0.4, 0.5) is 0 Å². The second-order valence-electron chi connectivity index (χ2n) is 8.86. The van der Waals surface area contributed by atoms with Crippen LogP contribution in [-0.4, -0.2) is 110 Å². The summed E-state index contributed by atoms with van der Waals surface area (Å²) < 4.78 is 22.3. The summed E-state index contributed by atoms with van der Waals surface area (Å²) >= 11 is 0. The fourth-order valence-electron chi connectivity index (χ4n) is 3.89. The molecular weight excluding hydrogens is 440 g/mol. The second-order valence-corrected chi connectivity index (χ2v) is 8.86. The van der Waals surface area contributed by atoms with E-state index in [4.69, 9.17) is 18.9 Å². The number of aliphatic hydroxyl groups is 7. The number of rotatable bonds is 7. The van der Waals surface area contributed by atoms with Crippen LogP contribution < -0.4 is 4.74 Å². The van der Waals surface area contributed by atoms with E-state index < -0.39 is 74.6 Å². The van der Waals surface area contributed by atoms with Crippen molar-refractivity contribution in [3.63, 3.8) is 0 Å². The van der Waals surface area contributed by atoms with Crippen molar-refractivity contribution in [2.75, 3.05) is 13.2 Å². The first kappa shape index (κ1) is 26.2. The molecule has 0 aromatic heterocycles. The summed E-state index contributed by atoms with van der Waals surface area (Å²) in [6.45, 7) is 4.79. The Balaban J connectivity index is 1.70. The van der Waals surface area contributed by atoms with E-state index in [1.807, 2.05) is 32.9 Å². The van der Waals surface area contributed by atoms with Gasteiger partial charge in [0.25, 0.3) is 0 Å². The van der Waals surface area contributed by atoms with Crippen molar-refractivity contribution in [1.29, 1.82) is 0 Å². The molecule has 1 aromatic rings. The second kappa shape index (κ2) is 10.9. The van der Waals surface area contributed by atoms with E-state index in [1.165, 1.54) is 0 Å². The molecule has 188 valence electrons. The smallest absolute Gasteiger partial charge is 0.229 e. The normalized spacial score (nSPS) is 39.6. The molecule has 11 heteroatoms.